The first-order chi connectivity index (χ1) is 16.4. The smallest absolute Gasteiger partial charge is 0.275 e. The minimum absolute atomic E-state index is 0.0344. The molecule has 194 valence electrons. The van der Waals surface area contributed by atoms with E-state index in [1.54, 1.807) is 18.7 Å². The van der Waals surface area contributed by atoms with Crippen LogP contribution < -0.4 is 10.2 Å². The Morgan fingerprint density at radius 1 is 1.34 bits per heavy atom. The molecule has 9 heteroatoms. The summed E-state index contributed by atoms with van der Waals surface area (Å²) < 4.78 is 29.8. The molecule has 0 bridgehead atoms. The van der Waals surface area contributed by atoms with Crippen LogP contribution in [0, 0.1) is 5.92 Å². The van der Waals surface area contributed by atoms with E-state index >= 15 is 0 Å². The average molecular weight is 492 g/mol. The third-order valence-corrected chi connectivity index (χ3v) is 7.41. The monoisotopic (exact) mass is 491 g/mol. The van der Waals surface area contributed by atoms with E-state index in [0.717, 1.165) is 13.0 Å². The number of nitrogens with one attached hydrogen (secondary N) is 1. The van der Waals surface area contributed by atoms with Gasteiger partial charge in [-0.2, -0.15) is 0 Å². The van der Waals surface area contributed by atoms with Crippen LogP contribution in [-0.4, -0.2) is 78.0 Å². The molecule has 2 atom stereocenters. The van der Waals surface area contributed by atoms with Crippen LogP contribution in [0.5, 0.6) is 0 Å². The Morgan fingerprint density at radius 3 is 2.74 bits per heavy atom. The largest absolute Gasteiger partial charge is 0.341 e. The van der Waals surface area contributed by atoms with Crippen molar-refractivity contribution in [3.63, 3.8) is 0 Å². The lowest BCUT2D eigenvalue weighted by molar-refractivity contribution is -0.128. The van der Waals surface area contributed by atoms with Crippen LogP contribution in [0.4, 0.5) is 14.5 Å². The predicted molar refractivity (Wildman–Crippen MR) is 132 cm³/mol. The Morgan fingerprint density at radius 2 is 2.09 bits per heavy atom. The molecule has 4 rings (SSSR count). The van der Waals surface area contributed by atoms with Crippen LogP contribution in [0.3, 0.4) is 0 Å². The number of anilines is 1. The summed E-state index contributed by atoms with van der Waals surface area (Å²) in [5.41, 5.74) is 0.620. The highest BCUT2D eigenvalue weighted by molar-refractivity contribution is 5.97. The third kappa shape index (κ3) is 5.50. The van der Waals surface area contributed by atoms with Crippen LogP contribution >= 0.6 is 0 Å². The quantitative estimate of drug-likeness (QED) is 0.635. The number of hydrogen-bond acceptors (Lipinski definition) is 5. The number of hydrogen-bond donors (Lipinski definition) is 1. The fourth-order valence-corrected chi connectivity index (χ4v) is 5.60. The van der Waals surface area contributed by atoms with Gasteiger partial charge in [0.25, 0.3) is 5.92 Å². The van der Waals surface area contributed by atoms with E-state index in [0.29, 0.717) is 44.0 Å². The van der Waals surface area contributed by atoms with Gasteiger partial charge in [0.1, 0.15) is 0 Å². The van der Waals surface area contributed by atoms with Crippen LogP contribution in [0.1, 0.15) is 65.1 Å². The highest BCUT2D eigenvalue weighted by Gasteiger charge is 2.43. The van der Waals surface area contributed by atoms with Gasteiger partial charge in [0, 0.05) is 74.8 Å². The van der Waals surface area contributed by atoms with Gasteiger partial charge in [-0.1, -0.05) is 27.7 Å². The molecule has 0 aromatic carbocycles. The minimum atomic E-state index is -3.00. The summed E-state index contributed by atoms with van der Waals surface area (Å²) in [5.74, 6) is -3.11. The van der Waals surface area contributed by atoms with Gasteiger partial charge in [0.2, 0.25) is 11.8 Å². The van der Waals surface area contributed by atoms with Crippen molar-refractivity contribution in [3.8, 4) is 0 Å². The Labute approximate surface area is 207 Å². The number of carbonyl (C=O) groups excluding carboxylic acids is 2. The number of alkyl halides is 2. The molecule has 0 unspecified atom stereocenters. The van der Waals surface area contributed by atoms with E-state index in [-0.39, 0.29) is 48.3 Å². The molecule has 0 radical (unpaired) electrons. The first-order valence-electron chi connectivity index (χ1n) is 12.8. The predicted octanol–water partition coefficient (Wildman–Crippen LogP) is 3.13. The van der Waals surface area contributed by atoms with E-state index in [2.05, 4.69) is 22.1 Å². The molecule has 7 nitrogen and oxygen atoms in total. The van der Waals surface area contributed by atoms with Gasteiger partial charge in [-0.3, -0.25) is 19.5 Å². The number of carbonyl (C=O) groups is 2. The molecule has 3 aliphatic rings. The number of likely N-dealkylation sites (tertiary alicyclic amines) is 1. The van der Waals surface area contributed by atoms with Crippen molar-refractivity contribution in [1.82, 2.24) is 20.1 Å². The summed E-state index contributed by atoms with van der Waals surface area (Å²) in [6.45, 7) is 12.9. The molecule has 0 spiro atoms. The standard InChI is InChI=1S/C26H39F2N5O2/c1-17(2)10-26(27,28)19-9-21-24(30-11-19)25(4,5)16-33(21)23(35)15-32-13-18(3)29-12-20(32)14-31-8-6-7-22(31)34/h9,11,17-18,20,29H,6-8,10,12-16H2,1-5H3/t18-,20-/m1/s1. The van der Waals surface area contributed by atoms with E-state index < -0.39 is 11.3 Å². The van der Waals surface area contributed by atoms with Crippen molar-refractivity contribution in [3.05, 3.63) is 23.5 Å². The number of amides is 2. The molecule has 3 aliphatic heterocycles. The van der Waals surface area contributed by atoms with Crippen molar-refractivity contribution in [2.75, 3.05) is 44.2 Å². The van der Waals surface area contributed by atoms with Crippen molar-refractivity contribution in [2.24, 2.45) is 5.92 Å². The fraction of sp³-hybridized carbons (Fsp3) is 0.731. The normalized spacial score (nSPS) is 25.0. The third-order valence-electron chi connectivity index (χ3n) is 7.41. The summed E-state index contributed by atoms with van der Waals surface area (Å²) in [7, 11) is 0. The van der Waals surface area contributed by atoms with Crippen LogP contribution in [0.25, 0.3) is 0 Å². The molecule has 4 heterocycles. The van der Waals surface area contributed by atoms with Crippen LogP contribution in [-0.2, 0) is 20.9 Å². The topological polar surface area (TPSA) is 68.8 Å². The van der Waals surface area contributed by atoms with Gasteiger partial charge in [0.15, 0.2) is 0 Å². The second kappa shape index (κ2) is 9.73. The number of rotatable bonds is 7. The van der Waals surface area contributed by atoms with Crippen molar-refractivity contribution < 1.29 is 18.4 Å². The molecule has 1 aromatic heterocycles. The maximum atomic E-state index is 14.9. The fourth-order valence-electron chi connectivity index (χ4n) is 5.60. The highest BCUT2D eigenvalue weighted by Crippen LogP contribution is 2.43. The Hall–Kier alpha value is -2.13. The Bertz CT molecular complexity index is 967. The maximum absolute atomic E-state index is 14.9. The second-order valence-electron chi connectivity index (χ2n) is 11.6. The molecule has 1 N–H and O–H groups in total. The summed E-state index contributed by atoms with van der Waals surface area (Å²) >= 11 is 0. The maximum Gasteiger partial charge on any atom is 0.275 e. The molecule has 0 saturated carbocycles. The molecule has 1 aromatic rings. The lowest BCUT2D eigenvalue weighted by atomic mass is 9.90. The molecular formula is C26H39F2N5O2. The van der Waals surface area contributed by atoms with Crippen molar-refractivity contribution in [2.45, 2.75) is 77.3 Å². The molecule has 2 amide bonds. The van der Waals surface area contributed by atoms with Crippen LogP contribution in [0.2, 0.25) is 0 Å². The zero-order valence-electron chi connectivity index (χ0n) is 21.6. The summed E-state index contributed by atoms with van der Waals surface area (Å²) in [4.78, 5) is 35.9. The van der Waals surface area contributed by atoms with Gasteiger partial charge in [-0.05, 0) is 25.3 Å². The number of pyridine rings is 1. The zero-order chi connectivity index (χ0) is 25.5. The molecule has 0 aliphatic carbocycles. The van der Waals surface area contributed by atoms with E-state index in [1.165, 1.54) is 12.3 Å². The zero-order valence-corrected chi connectivity index (χ0v) is 21.6. The lowest BCUT2D eigenvalue weighted by Crippen LogP contribution is -2.60. The highest BCUT2D eigenvalue weighted by atomic mass is 19.3. The number of aromatic nitrogens is 1. The van der Waals surface area contributed by atoms with Gasteiger partial charge in [-0.15, -0.1) is 0 Å². The van der Waals surface area contributed by atoms with Gasteiger partial charge >= 0.3 is 0 Å². The molecule has 2 fully saturated rings. The molecular weight excluding hydrogens is 452 g/mol. The van der Waals surface area contributed by atoms with E-state index in [1.807, 2.05) is 18.7 Å². The SMILES string of the molecule is CC(C)CC(F)(F)c1cnc2c(c1)N(C(=O)CN1C[C@@H](C)NC[C@@H]1CN1CCCC1=O)CC2(C)C. The number of nitrogens with zero attached hydrogens (tertiary/aromatic N) is 4. The van der Waals surface area contributed by atoms with E-state index in [9.17, 15) is 18.4 Å². The Balaban J connectivity index is 1.55. The average Bonchev–Trinajstić information content (AvgIpc) is 3.28. The summed E-state index contributed by atoms with van der Waals surface area (Å²) in [5, 5.41) is 3.46. The van der Waals surface area contributed by atoms with Crippen molar-refractivity contribution >= 4 is 17.5 Å². The van der Waals surface area contributed by atoms with Gasteiger partial charge < -0.3 is 15.1 Å². The Kier molecular flexibility index (Phi) is 7.21. The number of halogens is 2. The summed E-state index contributed by atoms with van der Waals surface area (Å²) in [6, 6.07) is 1.73. The molecule has 35 heavy (non-hydrogen) atoms. The van der Waals surface area contributed by atoms with E-state index in [4.69, 9.17) is 0 Å². The lowest BCUT2D eigenvalue weighted by Gasteiger charge is -2.41. The summed E-state index contributed by atoms with van der Waals surface area (Å²) in [6.07, 6.45) is 2.48. The first kappa shape index (κ1) is 25.9. The van der Waals surface area contributed by atoms with Gasteiger partial charge in [-0.25, -0.2) is 8.78 Å². The van der Waals surface area contributed by atoms with Crippen LogP contribution in [0.15, 0.2) is 12.3 Å². The molecule has 2 saturated heterocycles. The van der Waals surface area contributed by atoms with Gasteiger partial charge in [0.05, 0.1) is 17.9 Å². The van der Waals surface area contributed by atoms with Crippen molar-refractivity contribution in [1.29, 1.82) is 0 Å². The second-order valence-corrected chi connectivity index (χ2v) is 11.6. The first-order valence-corrected chi connectivity index (χ1v) is 12.8. The number of piperazine rings is 1. The minimum Gasteiger partial charge on any atom is -0.341 e. The number of fused-ring (bicyclic) bond motifs is 1.